The highest BCUT2D eigenvalue weighted by molar-refractivity contribution is 6.07. The Morgan fingerprint density at radius 1 is 1.42 bits per heavy atom. The summed E-state index contributed by atoms with van der Waals surface area (Å²) in [7, 11) is 0. The number of anilines is 1. The zero-order valence-electron chi connectivity index (χ0n) is 15.0. The van der Waals surface area contributed by atoms with Crippen LogP contribution in [0.3, 0.4) is 0 Å². The van der Waals surface area contributed by atoms with Gasteiger partial charge in [0.2, 0.25) is 0 Å². The van der Waals surface area contributed by atoms with Crippen molar-refractivity contribution >= 4 is 11.6 Å². The van der Waals surface area contributed by atoms with Crippen molar-refractivity contribution in [1.29, 1.82) is 5.26 Å². The topological polar surface area (TPSA) is 74.2 Å². The summed E-state index contributed by atoms with van der Waals surface area (Å²) in [5.41, 5.74) is 2.89. The number of rotatable bonds is 9. The van der Waals surface area contributed by atoms with E-state index in [4.69, 9.17) is 4.74 Å². The standard InChI is InChI=1S/C19H27N3O2/c1-5-16-9-6-8-15(4)18(16)22-19(23)17(12-20)13-21-10-7-11-24-14(2)3/h6,8-9,13-14,21H,5,7,10-11H2,1-4H3,(H,22,23)/b17-13-. The van der Waals surface area contributed by atoms with Crippen molar-refractivity contribution in [2.75, 3.05) is 18.5 Å². The van der Waals surface area contributed by atoms with Crippen LogP contribution in [-0.4, -0.2) is 25.2 Å². The smallest absolute Gasteiger partial charge is 0.267 e. The minimum atomic E-state index is -0.396. The third-order valence-electron chi connectivity index (χ3n) is 3.51. The molecule has 0 aliphatic heterocycles. The first-order valence-corrected chi connectivity index (χ1v) is 8.34. The molecular formula is C19H27N3O2. The Bertz CT molecular complexity index is 616. The van der Waals surface area contributed by atoms with E-state index in [9.17, 15) is 10.1 Å². The molecule has 0 radical (unpaired) electrons. The van der Waals surface area contributed by atoms with Gasteiger partial charge in [0, 0.05) is 25.0 Å². The minimum Gasteiger partial charge on any atom is -0.390 e. The van der Waals surface area contributed by atoms with Gasteiger partial charge < -0.3 is 15.4 Å². The molecule has 0 atom stereocenters. The Labute approximate surface area is 144 Å². The number of benzene rings is 1. The molecule has 0 saturated heterocycles. The summed E-state index contributed by atoms with van der Waals surface area (Å²) in [5, 5.41) is 15.0. The highest BCUT2D eigenvalue weighted by Crippen LogP contribution is 2.21. The Kier molecular flexibility index (Phi) is 8.59. The van der Waals surface area contributed by atoms with Crippen LogP contribution in [0.1, 0.15) is 38.3 Å². The highest BCUT2D eigenvalue weighted by Gasteiger charge is 2.12. The van der Waals surface area contributed by atoms with Crippen LogP contribution in [0.4, 0.5) is 5.69 Å². The van der Waals surface area contributed by atoms with Crippen LogP contribution in [0.25, 0.3) is 0 Å². The van der Waals surface area contributed by atoms with Gasteiger partial charge in [0.1, 0.15) is 11.6 Å². The van der Waals surface area contributed by atoms with Gasteiger partial charge in [-0.3, -0.25) is 4.79 Å². The lowest BCUT2D eigenvalue weighted by Gasteiger charge is -2.12. The van der Waals surface area contributed by atoms with Crippen LogP contribution in [-0.2, 0) is 16.0 Å². The Morgan fingerprint density at radius 2 is 2.17 bits per heavy atom. The number of hydrogen-bond acceptors (Lipinski definition) is 4. The first-order chi connectivity index (χ1) is 11.5. The van der Waals surface area contributed by atoms with Gasteiger partial charge in [0.05, 0.1) is 6.10 Å². The number of nitriles is 1. The normalized spacial score (nSPS) is 11.2. The fraction of sp³-hybridized carbons (Fsp3) is 0.474. The molecule has 130 valence electrons. The molecule has 1 amide bonds. The summed E-state index contributed by atoms with van der Waals surface area (Å²) in [6.45, 7) is 9.25. The van der Waals surface area contributed by atoms with Crippen LogP contribution < -0.4 is 10.6 Å². The molecule has 5 heteroatoms. The minimum absolute atomic E-state index is 0.0603. The molecule has 2 N–H and O–H groups in total. The lowest BCUT2D eigenvalue weighted by atomic mass is 10.1. The summed E-state index contributed by atoms with van der Waals surface area (Å²) >= 11 is 0. The van der Waals surface area contributed by atoms with Crippen molar-refractivity contribution in [1.82, 2.24) is 5.32 Å². The summed E-state index contributed by atoms with van der Waals surface area (Å²) in [4.78, 5) is 12.3. The Morgan fingerprint density at radius 3 is 2.79 bits per heavy atom. The molecule has 0 bridgehead atoms. The first kappa shape index (κ1) is 19.7. The van der Waals surface area contributed by atoms with E-state index in [0.29, 0.717) is 13.2 Å². The van der Waals surface area contributed by atoms with E-state index >= 15 is 0 Å². The van der Waals surface area contributed by atoms with Gasteiger partial charge in [0.25, 0.3) is 5.91 Å². The van der Waals surface area contributed by atoms with Crippen LogP contribution in [0.2, 0.25) is 0 Å². The highest BCUT2D eigenvalue weighted by atomic mass is 16.5. The largest absolute Gasteiger partial charge is 0.390 e. The maximum Gasteiger partial charge on any atom is 0.267 e. The zero-order valence-corrected chi connectivity index (χ0v) is 15.0. The predicted octanol–water partition coefficient (Wildman–Crippen LogP) is 3.31. The number of aryl methyl sites for hydroxylation is 2. The number of amides is 1. The van der Waals surface area contributed by atoms with Crippen molar-refractivity contribution in [3.05, 3.63) is 41.1 Å². The van der Waals surface area contributed by atoms with Crippen molar-refractivity contribution in [3.8, 4) is 6.07 Å². The number of carbonyl (C=O) groups excluding carboxylic acids is 1. The fourth-order valence-electron chi connectivity index (χ4n) is 2.20. The van der Waals surface area contributed by atoms with Gasteiger partial charge >= 0.3 is 0 Å². The molecule has 0 unspecified atom stereocenters. The van der Waals surface area contributed by atoms with Crippen molar-refractivity contribution < 1.29 is 9.53 Å². The van der Waals surface area contributed by atoms with E-state index < -0.39 is 5.91 Å². The van der Waals surface area contributed by atoms with Gasteiger partial charge in [0.15, 0.2) is 0 Å². The van der Waals surface area contributed by atoms with E-state index in [2.05, 4.69) is 10.6 Å². The third kappa shape index (κ3) is 6.43. The average molecular weight is 329 g/mol. The maximum absolute atomic E-state index is 12.3. The molecule has 0 saturated carbocycles. The summed E-state index contributed by atoms with van der Waals surface area (Å²) in [5.74, 6) is -0.396. The lowest BCUT2D eigenvalue weighted by Crippen LogP contribution is -2.19. The van der Waals surface area contributed by atoms with Crippen molar-refractivity contribution in [3.63, 3.8) is 0 Å². The van der Waals surface area contributed by atoms with E-state index in [1.54, 1.807) is 0 Å². The SMILES string of the molecule is CCc1cccc(C)c1NC(=O)/C(C#N)=C\NCCCOC(C)C. The van der Waals surface area contributed by atoms with Crippen LogP contribution in [0.5, 0.6) is 0 Å². The lowest BCUT2D eigenvalue weighted by molar-refractivity contribution is -0.112. The zero-order chi connectivity index (χ0) is 17.9. The molecule has 1 aromatic rings. The molecule has 0 heterocycles. The first-order valence-electron chi connectivity index (χ1n) is 8.34. The fourth-order valence-corrected chi connectivity index (χ4v) is 2.20. The van der Waals surface area contributed by atoms with E-state index in [1.807, 2.05) is 52.0 Å². The second-order valence-corrected chi connectivity index (χ2v) is 5.81. The average Bonchev–Trinajstić information content (AvgIpc) is 2.55. The second-order valence-electron chi connectivity index (χ2n) is 5.81. The molecule has 1 aromatic carbocycles. The van der Waals surface area contributed by atoms with Gasteiger partial charge in [-0.2, -0.15) is 5.26 Å². The van der Waals surface area contributed by atoms with Gasteiger partial charge in [-0.25, -0.2) is 0 Å². The van der Waals surface area contributed by atoms with Crippen LogP contribution >= 0.6 is 0 Å². The van der Waals surface area contributed by atoms with Gasteiger partial charge in [-0.15, -0.1) is 0 Å². The Balaban J connectivity index is 2.61. The quantitative estimate of drug-likeness (QED) is 0.414. The molecule has 0 spiro atoms. The Hall–Kier alpha value is -2.32. The molecule has 1 rings (SSSR count). The molecule has 24 heavy (non-hydrogen) atoms. The van der Waals surface area contributed by atoms with E-state index in [0.717, 1.165) is 29.7 Å². The van der Waals surface area contributed by atoms with E-state index in [1.165, 1.54) is 6.20 Å². The van der Waals surface area contributed by atoms with E-state index in [-0.39, 0.29) is 11.7 Å². The molecule has 5 nitrogen and oxygen atoms in total. The molecular weight excluding hydrogens is 302 g/mol. The number of para-hydroxylation sites is 1. The maximum atomic E-state index is 12.3. The van der Waals surface area contributed by atoms with Crippen LogP contribution in [0, 0.1) is 18.3 Å². The number of nitrogens with zero attached hydrogens (tertiary/aromatic N) is 1. The van der Waals surface area contributed by atoms with Gasteiger partial charge in [-0.05, 0) is 44.7 Å². The summed E-state index contributed by atoms with van der Waals surface area (Å²) in [6, 6.07) is 7.83. The number of hydrogen-bond donors (Lipinski definition) is 2. The summed E-state index contributed by atoms with van der Waals surface area (Å²) < 4.78 is 5.44. The third-order valence-corrected chi connectivity index (χ3v) is 3.51. The molecule has 0 aliphatic carbocycles. The molecule has 0 aromatic heterocycles. The van der Waals surface area contributed by atoms with Gasteiger partial charge in [-0.1, -0.05) is 25.1 Å². The van der Waals surface area contributed by atoms with Crippen LogP contribution in [0.15, 0.2) is 30.0 Å². The number of carbonyl (C=O) groups is 1. The monoisotopic (exact) mass is 329 g/mol. The summed E-state index contributed by atoms with van der Waals surface area (Å²) in [6.07, 6.45) is 3.31. The molecule has 0 aliphatic rings. The predicted molar refractivity (Wildman–Crippen MR) is 96.6 cm³/mol. The number of ether oxygens (including phenoxy) is 1. The molecule has 0 fully saturated rings. The number of nitrogens with one attached hydrogen (secondary N) is 2. The second kappa shape index (κ2) is 10.5. The van der Waals surface area contributed by atoms with Crippen molar-refractivity contribution in [2.24, 2.45) is 0 Å². The van der Waals surface area contributed by atoms with Crippen molar-refractivity contribution in [2.45, 2.75) is 46.6 Å².